The van der Waals surface area contributed by atoms with Crippen LogP contribution in [0.1, 0.15) is 10.4 Å². The Morgan fingerprint density at radius 1 is 1.44 bits per heavy atom. The van der Waals surface area contributed by atoms with Crippen LogP contribution >= 0.6 is 0 Å². The third kappa shape index (κ3) is 3.12. The molecule has 1 atom stereocenters. The molecular weight excluding hydrogens is 234 g/mol. The zero-order chi connectivity index (χ0) is 13.0. The molecule has 1 aliphatic rings. The number of nitrogens with two attached hydrogens (primary N) is 2. The van der Waals surface area contributed by atoms with Gasteiger partial charge in [0.25, 0.3) is 0 Å². The number of carbonyl (C=O) groups is 1. The Labute approximate surface area is 105 Å². The smallest absolute Gasteiger partial charge is 0.248 e. The molecule has 6 nitrogen and oxygen atoms in total. The molecule has 1 aliphatic heterocycles. The van der Waals surface area contributed by atoms with Crippen molar-refractivity contribution < 1.29 is 14.3 Å². The number of nitrogens with one attached hydrogen (secondary N) is 1. The van der Waals surface area contributed by atoms with Crippen LogP contribution in [-0.4, -0.2) is 38.4 Å². The van der Waals surface area contributed by atoms with E-state index in [1.165, 1.54) is 0 Å². The molecule has 0 aromatic heterocycles. The van der Waals surface area contributed by atoms with E-state index in [2.05, 4.69) is 5.32 Å². The Balaban J connectivity index is 1.99. The molecule has 1 unspecified atom stereocenters. The molecule has 0 radical (unpaired) electrons. The number of rotatable bonds is 4. The Hall–Kier alpha value is -1.79. The summed E-state index contributed by atoms with van der Waals surface area (Å²) in [4.78, 5) is 11.1. The van der Waals surface area contributed by atoms with Crippen LogP contribution in [0, 0.1) is 0 Å². The second-order valence-corrected chi connectivity index (χ2v) is 4.11. The standard InChI is InChI=1S/C12H17N3O3/c13-10-2-1-8(12(14)16)5-11(10)15-6-9-7-17-3-4-18-9/h1-2,5,9,15H,3-4,6-7,13H2,(H2,14,16). The van der Waals surface area contributed by atoms with E-state index in [0.29, 0.717) is 43.3 Å². The average Bonchev–Trinajstić information content (AvgIpc) is 2.38. The van der Waals surface area contributed by atoms with Gasteiger partial charge in [0.05, 0.1) is 37.3 Å². The summed E-state index contributed by atoms with van der Waals surface area (Å²) in [6.45, 7) is 2.37. The van der Waals surface area contributed by atoms with Crippen molar-refractivity contribution in [2.24, 2.45) is 5.73 Å². The first-order chi connectivity index (χ1) is 8.66. The van der Waals surface area contributed by atoms with Crippen molar-refractivity contribution in [2.75, 3.05) is 37.4 Å². The summed E-state index contributed by atoms with van der Waals surface area (Å²) in [5, 5.41) is 3.14. The molecule has 1 fully saturated rings. The fraction of sp³-hybridized carbons (Fsp3) is 0.417. The largest absolute Gasteiger partial charge is 0.397 e. The molecule has 0 saturated carbocycles. The second-order valence-electron chi connectivity index (χ2n) is 4.11. The predicted octanol–water partition coefficient (Wildman–Crippen LogP) is 0.195. The molecular formula is C12H17N3O3. The van der Waals surface area contributed by atoms with Crippen molar-refractivity contribution in [3.05, 3.63) is 23.8 Å². The van der Waals surface area contributed by atoms with Crippen LogP contribution < -0.4 is 16.8 Å². The summed E-state index contributed by atoms with van der Waals surface area (Å²) >= 11 is 0. The quantitative estimate of drug-likeness (QED) is 0.664. The summed E-state index contributed by atoms with van der Waals surface area (Å²) in [5.41, 5.74) is 12.7. The summed E-state index contributed by atoms with van der Waals surface area (Å²) in [6.07, 6.45) is -0.00427. The maximum atomic E-state index is 11.1. The first-order valence-electron chi connectivity index (χ1n) is 5.79. The number of benzene rings is 1. The Kier molecular flexibility index (Phi) is 4.01. The van der Waals surface area contributed by atoms with E-state index in [0.717, 1.165) is 0 Å². The van der Waals surface area contributed by atoms with Gasteiger partial charge in [-0.15, -0.1) is 0 Å². The Morgan fingerprint density at radius 2 is 2.28 bits per heavy atom. The van der Waals surface area contributed by atoms with Crippen molar-refractivity contribution in [1.82, 2.24) is 0 Å². The van der Waals surface area contributed by atoms with E-state index in [4.69, 9.17) is 20.9 Å². The van der Waals surface area contributed by atoms with Crippen molar-refractivity contribution in [2.45, 2.75) is 6.10 Å². The summed E-state index contributed by atoms with van der Waals surface area (Å²) in [6, 6.07) is 4.89. The highest BCUT2D eigenvalue weighted by Crippen LogP contribution is 2.20. The second kappa shape index (κ2) is 5.70. The molecule has 6 heteroatoms. The topological polar surface area (TPSA) is 99.6 Å². The van der Waals surface area contributed by atoms with Crippen molar-refractivity contribution >= 4 is 17.3 Å². The number of carbonyl (C=O) groups excluding carboxylic acids is 1. The number of primary amides is 1. The molecule has 0 aliphatic carbocycles. The van der Waals surface area contributed by atoms with Gasteiger partial charge in [0, 0.05) is 12.1 Å². The molecule has 1 saturated heterocycles. The normalized spacial score (nSPS) is 19.4. The zero-order valence-corrected chi connectivity index (χ0v) is 10.0. The molecule has 18 heavy (non-hydrogen) atoms. The van der Waals surface area contributed by atoms with E-state index in [1.807, 2.05) is 0 Å². The lowest BCUT2D eigenvalue weighted by atomic mass is 10.1. The van der Waals surface area contributed by atoms with Gasteiger partial charge in [-0.2, -0.15) is 0 Å². The number of nitrogen functional groups attached to an aromatic ring is 1. The maximum Gasteiger partial charge on any atom is 0.248 e. The van der Waals surface area contributed by atoms with Crippen LogP contribution in [0.2, 0.25) is 0 Å². The van der Waals surface area contributed by atoms with Gasteiger partial charge in [0.2, 0.25) is 5.91 Å². The number of ether oxygens (including phenoxy) is 2. The van der Waals surface area contributed by atoms with E-state index in [9.17, 15) is 4.79 Å². The van der Waals surface area contributed by atoms with Crippen molar-refractivity contribution in [1.29, 1.82) is 0 Å². The van der Waals surface area contributed by atoms with Gasteiger partial charge in [-0.3, -0.25) is 4.79 Å². The summed E-state index contributed by atoms with van der Waals surface area (Å²) in [5.74, 6) is -0.477. The number of anilines is 2. The molecule has 0 spiro atoms. The predicted molar refractivity (Wildman–Crippen MR) is 68.4 cm³/mol. The first kappa shape index (κ1) is 12.7. The highest BCUT2D eigenvalue weighted by molar-refractivity contribution is 5.94. The van der Waals surface area contributed by atoms with E-state index in [-0.39, 0.29) is 6.10 Å². The minimum atomic E-state index is -0.477. The van der Waals surface area contributed by atoms with E-state index < -0.39 is 5.91 Å². The van der Waals surface area contributed by atoms with Gasteiger partial charge in [-0.1, -0.05) is 0 Å². The van der Waals surface area contributed by atoms with Gasteiger partial charge in [-0.25, -0.2) is 0 Å². The number of hydrogen-bond acceptors (Lipinski definition) is 5. The first-order valence-corrected chi connectivity index (χ1v) is 5.79. The van der Waals surface area contributed by atoms with Crippen LogP contribution in [0.4, 0.5) is 11.4 Å². The molecule has 1 aromatic rings. The van der Waals surface area contributed by atoms with Crippen LogP contribution in [-0.2, 0) is 9.47 Å². The van der Waals surface area contributed by atoms with Crippen LogP contribution in [0.5, 0.6) is 0 Å². The Bertz CT molecular complexity index is 431. The maximum absolute atomic E-state index is 11.1. The van der Waals surface area contributed by atoms with Gasteiger partial charge in [0.15, 0.2) is 0 Å². The minimum Gasteiger partial charge on any atom is -0.397 e. The molecule has 1 aromatic carbocycles. The van der Waals surface area contributed by atoms with Crippen molar-refractivity contribution in [3.63, 3.8) is 0 Å². The molecule has 5 N–H and O–H groups in total. The minimum absolute atomic E-state index is 0.00427. The molecule has 1 amide bonds. The molecule has 0 bridgehead atoms. The summed E-state index contributed by atoms with van der Waals surface area (Å²) in [7, 11) is 0. The number of hydrogen-bond donors (Lipinski definition) is 3. The van der Waals surface area contributed by atoms with Gasteiger partial charge in [0.1, 0.15) is 0 Å². The summed E-state index contributed by atoms with van der Waals surface area (Å²) < 4.78 is 10.8. The highest BCUT2D eigenvalue weighted by Gasteiger charge is 2.14. The van der Waals surface area contributed by atoms with E-state index in [1.54, 1.807) is 18.2 Å². The van der Waals surface area contributed by atoms with Crippen LogP contribution in [0.25, 0.3) is 0 Å². The lowest BCUT2D eigenvalue weighted by Crippen LogP contribution is -2.34. The third-order valence-corrected chi connectivity index (χ3v) is 2.74. The molecule has 2 rings (SSSR count). The molecule has 1 heterocycles. The zero-order valence-electron chi connectivity index (χ0n) is 10.0. The molecule has 98 valence electrons. The lowest BCUT2D eigenvalue weighted by Gasteiger charge is -2.23. The van der Waals surface area contributed by atoms with Crippen LogP contribution in [0.3, 0.4) is 0 Å². The van der Waals surface area contributed by atoms with Crippen molar-refractivity contribution in [3.8, 4) is 0 Å². The fourth-order valence-corrected chi connectivity index (χ4v) is 1.74. The lowest BCUT2D eigenvalue weighted by molar-refractivity contribution is -0.0818. The monoisotopic (exact) mass is 251 g/mol. The van der Waals surface area contributed by atoms with Gasteiger partial charge in [-0.05, 0) is 18.2 Å². The fourth-order valence-electron chi connectivity index (χ4n) is 1.74. The highest BCUT2D eigenvalue weighted by atomic mass is 16.6. The average molecular weight is 251 g/mol. The SMILES string of the molecule is NC(=O)c1ccc(N)c(NCC2COCCO2)c1. The van der Waals surface area contributed by atoms with Crippen LogP contribution in [0.15, 0.2) is 18.2 Å². The Morgan fingerprint density at radius 3 is 2.94 bits per heavy atom. The number of amides is 1. The third-order valence-electron chi connectivity index (χ3n) is 2.74. The van der Waals surface area contributed by atoms with Gasteiger partial charge < -0.3 is 26.3 Å². The van der Waals surface area contributed by atoms with Gasteiger partial charge >= 0.3 is 0 Å². The van der Waals surface area contributed by atoms with E-state index >= 15 is 0 Å².